The molecule has 1 aromatic carbocycles. The lowest BCUT2D eigenvalue weighted by Gasteiger charge is -2.15. The molecule has 0 saturated heterocycles. The minimum atomic E-state index is 0.380. The van der Waals surface area contributed by atoms with Gasteiger partial charge in [-0.3, -0.25) is 0 Å². The first-order valence-electron chi connectivity index (χ1n) is 7.23. The Kier molecular flexibility index (Phi) is 7.53. The van der Waals surface area contributed by atoms with Crippen LogP contribution in [0.3, 0.4) is 0 Å². The summed E-state index contributed by atoms with van der Waals surface area (Å²) in [4.78, 5) is 0. The predicted octanol–water partition coefficient (Wildman–Crippen LogP) is 3.47. The van der Waals surface area contributed by atoms with Gasteiger partial charge in [0.05, 0.1) is 6.61 Å². The third-order valence-corrected chi connectivity index (χ3v) is 3.04. The Labute approximate surface area is 117 Å². The SMILES string of the molecule is CCCOCCOc1ccc(C(C)NCC)cc1C. The van der Waals surface area contributed by atoms with E-state index in [0.29, 0.717) is 19.3 Å². The number of nitrogens with one attached hydrogen (secondary N) is 1. The van der Waals surface area contributed by atoms with Crippen molar-refractivity contribution in [3.8, 4) is 5.75 Å². The quantitative estimate of drug-likeness (QED) is 0.693. The van der Waals surface area contributed by atoms with Crippen LogP contribution >= 0.6 is 0 Å². The Bertz CT molecular complexity index is 366. The van der Waals surface area contributed by atoms with Gasteiger partial charge < -0.3 is 14.8 Å². The van der Waals surface area contributed by atoms with Crippen LogP contribution in [-0.2, 0) is 4.74 Å². The molecule has 1 unspecified atom stereocenters. The summed E-state index contributed by atoms with van der Waals surface area (Å²) >= 11 is 0. The summed E-state index contributed by atoms with van der Waals surface area (Å²) in [6.07, 6.45) is 1.05. The lowest BCUT2D eigenvalue weighted by Crippen LogP contribution is -2.17. The molecule has 1 rings (SSSR count). The Morgan fingerprint density at radius 1 is 1.16 bits per heavy atom. The van der Waals surface area contributed by atoms with Crippen LogP contribution in [0.15, 0.2) is 18.2 Å². The van der Waals surface area contributed by atoms with Crippen LogP contribution < -0.4 is 10.1 Å². The van der Waals surface area contributed by atoms with E-state index in [9.17, 15) is 0 Å². The van der Waals surface area contributed by atoms with E-state index in [-0.39, 0.29) is 0 Å². The van der Waals surface area contributed by atoms with Gasteiger partial charge >= 0.3 is 0 Å². The zero-order valence-corrected chi connectivity index (χ0v) is 12.7. The molecule has 0 aliphatic heterocycles. The van der Waals surface area contributed by atoms with Gasteiger partial charge in [-0.1, -0.05) is 26.0 Å². The van der Waals surface area contributed by atoms with E-state index in [1.807, 2.05) is 0 Å². The first-order chi connectivity index (χ1) is 9.19. The maximum Gasteiger partial charge on any atom is 0.122 e. The monoisotopic (exact) mass is 265 g/mol. The molecule has 0 aliphatic carbocycles. The molecule has 19 heavy (non-hydrogen) atoms. The van der Waals surface area contributed by atoms with Crippen molar-refractivity contribution in [2.24, 2.45) is 0 Å². The molecule has 3 nitrogen and oxygen atoms in total. The van der Waals surface area contributed by atoms with Crippen LogP contribution in [0.4, 0.5) is 0 Å². The Hall–Kier alpha value is -1.06. The van der Waals surface area contributed by atoms with Gasteiger partial charge in [0.25, 0.3) is 0 Å². The second kappa shape index (κ2) is 8.94. The standard InChI is InChI=1S/C16H27NO2/c1-5-9-18-10-11-19-16-8-7-15(12-13(16)3)14(4)17-6-2/h7-8,12,14,17H,5-6,9-11H2,1-4H3. The molecule has 0 fully saturated rings. The zero-order valence-electron chi connectivity index (χ0n) is 12.7. The lowest BCUT2D eigenvalue weighted by molar-refractivity contribution is 0.100. The number of ether oxygens (including phenoxy) is 2. The van der Waals surface area contributed by atoms with Crippen LogP contribution in [0.5, 0.6) is 5.75 Å². The van der Waals surface area contributed by atoms with Gasteiger partial charge in [0.2, 0.25) is 0 Å². The molecular formula is C16H27NO2. The molecule has 1 aromatic rings. The summed E-state index contributed by atoms with van der Waals surface area (Å²) in [5.41, 5.74) is 2.48. The second-order valence-electron chi connectivity index (χ2n) is 4.77. The summed E-state index contributed by atoms with van der Waals surface area (Å²) in [5.74, 6) is 0.951. The molecule has 0 bridgehead atoms. The molecule has 0 aliphatic rings. The number of rotatable bonds is 9. The molecule has 3 heteroatoms. The molecule has 0 aromatic heterocycles. The van der Waals surface area contributed by atoms with E-state index < -0.39 is 0 Å². The van der Waals surface area contributed by atoms with Gasteiger partial charge in [0.1, 0.15) is 12.4 Å². The Morgan fingerprint density at radius 2 is 1.95 bits per heavy atom. The second-order valence-corrected chi connectivity index (χ2v) is 4.77. The van der Waals surface area contributed by atoms with Crippen LogP contribution in [0, 0.1) is 6.92 Å². The van der Waals surface area contributed by atoms with E-state index in [4.69, 9.17) is 9.47 Å². The number of aryl methyl sites for hydroxylation is 1. The minimum absolute atomic E-state index is 0.380. The fourth-order valence-electron chi connectivity index (χ4n) is 1.98. The van der Waals surface area contributed by atoms with Crippen molar-refractivity contribution in [3.05, 3.63) is 29.3 Å². The summed E-state index contributed by atoms with van der Waals surface area (Å²) < 4.78 is 11.1. The maximum absolute atomic E-state index is 5.73. The Balaban J connectivity index is 2.47. The minimum Gasteiger partial charge on any atom is -0.491 e. The Morgan fingerprint density at radius 3 is 2.58 bits per heavy atom. The van der Waals surface area contributed by atoms with Crippen molar-refractivity contribution in [2.45, 2.75) is 40.2 Å². The number of hydrogen-bond donors (Lipinski definition) is 1. The van der Waals surface area contributed by atoms with Crippen LogP contribution in [0.2, 0.25) is 0 Å². The highest BCUT2D eigenvalue weighted by atomic mass is 16.5. The van der Waals surface area contributed by atoms with Crippen molar-refractivity contribution in [1.29, 1.82) is 0 Å². The fraction of sp³-hybridized carbons (Fsp3) is 0.625. The van der Waals surface area contributed by atoms with Gasteiger partial charge in [0, 0.05) is 12.6 Å². The van der Waals surface area contributed by atoms with Crippen molar-refractivity contribution in [2.75, 3.05) is 26.4 Å². The maximum atomic E-state index is 5.73. The van der Waals surface area contributed by atoms with E-state index in [1.54, 1.807) is 0 Å². The summed E-state index contributed by atoms with van der Waals surface area (Å²) in [6, 6.07) is 6.75. The number of hydrogen-bond acceptors (Lipinski definition) is 3. The predicted molar refractivity (Wildman–Crippen MR) is 79.9 cm³/mol. The molecule has 0 amide bonds. The van der Waals surface area contributed by atoms with Gasteiger partial charge in [-0.15, -0.1) is 0 Å². The topological polar surface area (TPSA) is 30.5 Å². The molecule has 0 heterocycles. The van der Waals surface area contributed by atoms with Crippen LogP contribution in [-0.4, -0.2) is 26.4 Å². The molecule has 0 saturated carbocycles. The van der Waals surface area contributed by atoms with Crippen LogP contribution in [0.1, 0.15) is 44.4 Å². The molecule has 0 radical (unpaired) electrons. The molecule has 0 spiro atoms. The smallest absolute Gasteiger partial charge is 0.122 e. The highest BCUT2D eigenvalue weighted by molar-refractivity contribution is 5.37. The average molecular weight is 265 g/mol. The third-order valence-electron chi connectivity index (χ3n) is 3.04. The van der Waals surface area contributed by atoms with E-state index >= 15 is 0 Å². The van der Waals surface area contributed by atoms with Gasteiger partial charge in [-0.25, -0.2) is 0 Å². The summed E-state index contributed by atoms with van der Waals surface area (Å²) in [5, 5.41) is 3.41. The molecular weight excluding hydrogens is 238 g/mol. The highest BCUT2D eigenvalue weighted by Gasteiger charge is 2.06. The van der Waals surface area contributed by atoms with Gasteiger partial charge in [-0.05, 0) is 44.0 Å². The normalized spacial score (nSPS) is 12.4. The molecule has 108 valence electrons. The van der Waals surface area contributed by atoms with E-state index in [1.165, 1.54) is 11.1 Å². The number of benzene rings is 1. The van der Waals surface area contributed by atoms with Crippen LogP contribution in [0.25, 0.3) is 0 Å². The molecule has 1 atom stereocenters. The third kappa shape index (κ3) is 5.62. The van der Waals surface area contributed by atoms with Crippen molar-refractivity contribution in [1.82, 2.24) is 5.32 Å². The van der Waals surface area contributed by atoms with Gasteiger partial charge in [-0.2, -0.15) is 0 Å². The molecule has 1 N–H and O–H groups in total. The van der Waals surface area contributed by atoms with E-state index in [0.717, 1.165) is 25.3 Å². The van der Waals surface area contributed by atoms with Crippen molar-refractivity contribution in [3.63, 3.8) is 0 Å². The van der Waals surface area contributed by atoms with Crippen molar-refractivity contribution < 1.29 is 9.47 Å². The lowest BCUT2D eigenvalue weighted by atomic mass is 10.1. The zero-order chi connectivity index (χ0) is 14.1. The van der Waals surface area contributed by atoms with E-state index in [2.05, 4.69) is 51.2 Å². The summed E-state index contributed by atoms with van der Waals surface area (Å²) in [6.45, 7) is 11.6. The first-order valence-corrected chi connectivity index (χ1v) is 7.23. The van der Waals surface area contributed by atoms with Gasteiger partial charge in [0.15, 0.2) is 0 Å². The average Bonchev–Trinajstić information content (AvgIpc) is 2.40. The fourth-order valence-corrected chi connectivity index (χ4v) is 1.98. The largest absolute Gasteiger partial charge is 0.491 e. The highest BCUT2D eigenvalue weighted by Crippen LogP contribution is 2.22. The first kappa shape index (κ1) is 16.0. The summed E-state index contributed by atoms with van der Waals surface area (Å²) in [7, 11) is 0. The van der Waals surface area contributed by atoms with Crippen molar-refractivity contribution >= 4 is 0 Å².